The van der Waals surface area contributed by atoms with Crippen molar-refractivity contribution in [3.63, 3.8) is 0 Å². The number of hydrogen-bond donors (Lipinski definition) is 1. The molecule has 0 spiro atoms. The van der Waals surface area contributed by atoms with Gasteiger partial charge in [0.25, 0.3) is 0 Å². The van der Waals surface area contributed by atoms with Crippen molar-refractivity contribution in [2.75, 3.05) is 0 Å². The van der Waals surface area contributed by atoms with Crippen LogP contribution in [0, 0.1) is 11.6 Å². The van der Waals surface area contributed by atoms with Crippen molar-refractivity contribution in [1.82, 2.24) is 15.0 Å². The maximum atomic E-state index is 13.1. The quantitative estimate of drug-likeness (QED) is 0.907. The maximum Gasteiger partial charge on any atom is 0.126 e. The van der Waals surface area contributed by atoms with Gasteiger partial charge in [-0.1, -0.05) is 12.1 Å². The van der Waals surface area contributed by atoms with Crippen LogP contribution in [0.5, 0.6) is 0 Å². The van der Waals surface area contributed by atoms with E-state index >= 15 is 0 Å². The van der Waals surface area contributed by atoms with Gasteiger partial charge in [0.05, 0.1) is 11.9 Å². The zero-order valence-electron chi connectivity index (χ0n) is 9.85. The number of aliphatic hydroxyl groups is 1. The van der Waals surface area contributed by atoms with E-state index in [1.165, 1.54) is 10.9 Å². The summed E-state index contributed by atoms with van der Waals surface area (Å²) >= 11 is 0. The first kappa shape index (κ1) is 12.6. The second-order valence-corrected chi connectivity index (χ2v) is 3.99. The number of benzene rings is 1. The third-order valence-corrected chi connectivity index (χ3v) is 2.56. The zero-order valence-corrected chi connectivity index (χ0v) is 9.85. The van der Waals surface area contributed by atoms with Crippen LogP contribution in [0.2, 0.25) is 0 Å². The summed E-state index contributed by atoms with van der Waals surface area (Å²) in [6.45, 7) is 2.55. The zero-order chi connectivity index (χ0) is 13.1. The molecule has 0 aliphatic carbocycles. The molecule has 1 aromatic heterocycles. The van der Waals surface area contributed by atoms with Crippen molar-refractivity contribution >= 4 is 0 Å². The maximum absolute atomic E-state index is 13.1. The van der Waals surface area contributed by atoms with E-state index in [2.05, 4.69) is 10.3 Å². The first-order chi connectivity index (χ1) is 8.61. The Hall–Kier alpha value is -1.82. The van der Waals surface area contributed by atoms with Crippen molar-refractivity contribution in [1.29, 1.82) is 0 Å². The number of nitrogens with zero attached hydrogens (tertiary/aromatic N) is 3. The topological polar surface area (TPSA) is 50.9 Å². The number of halogens is 2. The molecular formula is C12H13F2N3O. The van der Waals surface area contributed by atoms with Crippen LogP contribution in [0.3, 0.4) is 0 Å². The SMILES string of the molecule is CCCn1nncc1C(O)c1cc(F)cc(F)c1. The summed E-state index contributed by atoms with van der Waals surface area (Å²) in [6, 6.07) is 2.95. The van der Waals surface area contributed by atoms with Gasteiger partial charge in [-0.2, -0.15) is 0 Å². The Kier molecular flexibility index (Phi) is 3.66. The van der Waals surface area contributed by atoms with Crippen LogP contribution in [-0.2, 0) is 6.54 Å². The molecule has 0 amide bonds. The van der Waals surface area contributed by atoms with E-state index in [0.29, 0.717) is 12.2 Å². The van der Waals surface area contributed by atoms with Gasteiger partial charge in [-0.25, -0.2) is 13.5 Å². The van der Waals surface area contributed by atoms with Crippen molar-refractivity contribution in [2.24, 2.45) is 0 Å². The Morgan fingerprint density at radius 2 is 1.94 bits per heavy atom. The van der Waals surface area contributed by atoms with Crippen molar-refractivity contribution in [3.05, 3.63) is 47.3 Å². The Morgan fingerprint density at radius 1 is 1.28 bits per heavy atom. The lowest BCUT2D eigenvalue weighted by atomic mass is 10.1. The molecule has 1 aromatic carbocycles. The summed E-state index contributed by atoms with van der Waals surface area (Å²) in [5.41, 5.74) is 0.564. The molecule has 0 aliphatic heterocycles. The molecule has 0 aliphatic rings. The second kappa shape index (κ2) is 5.22. The molecule has 96 valence electrons. The number of aliphatic hydroxyl groups excluding tert-OH is 1. The normalized spacial score (nSPS) is 12.7. The van der Waals surface area contributed by atoms with E-state index < -0.39 is 17.7 Å². The molecule has 1 heterocycles. The molecular weight excluding hydrogens is 240 g/mol. The van der Waals surface area contributed by atoms with Crippen LogP contribution < -0.4 is 0 Å². The molecule has 1 N–H and O–H groups in total. The molecule has 0 bridgehead atoms. The number of rotatable bonds is 4. The highest BCUT2D eigenvalue weighted by Crippen LogP contribution is 2.22. The number of aromatic nitrogens is 3. The minimum atomic E-state index is -1.14. The molecule has 18 heavy (non-hydrogen) atoms. The van der Waals surface area contributed by atoms with Gasteiger partial charge >= 0.3 is 0 Å². The first-order valence-corrected chi connectivity index (χ1v) is 5.64. The van der Waals surface area contributed by atoms with Crippen molar-refractivity contribution in [2.45, 2.75) is 26.0 Å². The molecule has 0 radical (unpaired) electrons. The fourth-order valence-electron chi connectivity index (χ4n) is 1.77. The number of hydrogen-bond acceptors (Lipinski definition) is 3. The monoisotopic (exact) mass is 253 g/mol. The largest absolute Gasteiger partial charge is 0.382 e. The molecule has 1 atom stereocenters. The Bertz CT molecular complexity index is 522. The summed E-state index contributed by atoms with van der Waals surface area (Å²) in [6.07, 6.45) is 1.07. The minimum Gasteiger partial charge on any atom is -0.382 e. The summed E-state index contributed by atoms with van der Waals surface area (Å²) in [5.74, 6) is -1.45. The van der Waals surface area contributed by atoms with Crippen LogP contribution >= 0.6 is 0 Å². The second-order valence-electron chi connectivity index (χ2n) is 3.99. The van der Waals surface area contributed by atoms with Crippen LogP contribution in [0.4, 0.5) is 8.78 Å². The lowest BCUT2D eigenvalue weighted by Gasteiger charge is -2.12. The van der Waals surface area contributed by atoms with E-state index in [4.69, 9.17) is 0 Å². The molecule has 6 heteroatoms. The first-order valence-electron chi connectivity index (χ1n) is 5.64. The summed E-state index contributed by atoms with van der Waals surface area (Å²) in [7, 11) is 0. The Balaban J connectivity index is 2.34. The average molecular weight is 253 g/mol. The third kappa shape index (κ3) is 2.53. The number of aryl methyl sites for hydroxylation is 1. The molecule has 0 saturated heterocycles. The summed E-state index contributed by atoms with van der Waals surface area (Å²) < 4.78 is 27.7. The van der Waals surface area contributed by atoms with Gasteiger partial charge in [0, 0.05) is 12.6 Å². The fraction of sp³-hybridized carbons (Fsp3) is 0.333. The lowest BCUT2D eigenvalue weighted by molar-refractivity contribution is 0.206. The van der Waals surface area contributed by atoms with E-state index in [9.17, 15) is 13.9 Å². The molecule has 2 aromatic rings. The Morgan fingerprint density at radius 3 is 2.56 bits per heavy atom. The van der Waals surface area contributed by atoms with Gasteiger partial charge in [0.1, 0.15) is 17.7 Å². The molecule has 0 saturated carbocycles. The van der Waals surface area contributed by atoms with Crippen LogP contribution in [0.25, 0.3) is 0 Å². The van der Waals surface area contributed by atoms with Crippen molar-refractivity contribution in [3.8, 4) is 0 Å². The van der Waals surface area contributed by atoms with Gasteiger partial charge in [-0.05, 0) is 24.1 Å². The van der Waals surface area contributed by atoms with Crippen molar-refractivity contribution < 1.29 is 13.9 Å². The third-order valence-electron chi connectivity index (χ3n) is 2.56. The van der Waals surface area contributed by atoms with Gasteiger partial charge in [0.15, 0.2) is 0 Å². The molecule has 2 rings (SSSR count). The molecule has 0 fully saturated rings. The standard InChI is InChI=1S/C12H13F2N3O/c1-2-3-17-11(7-15-16-17)12(18)8-4-9(13)6-10(14)5-8/h4-7,12,18H,2-3H2,1H3. The smallest absolute Gasteiger partial charge is 0.126 e. The van der Waals surface area contributed by atoms with E-state index in [1.807, 2.05) is 6.92 Å². The van der Waals surface area contributed by atoms with E-state index in [0.717, 1.165) is 24.6 Å². The predicted molar refractivity (Wildman–Crippen MR) is 60.7 cm³/mol. The van der Waals surface area contributed by atoms with E-state index in [1.54, 1.807) is 0 Å². The lowest BCUT2D eigenvalue weighted by Crippen LogP contribution is -2.10. The highest BCUT2D eigenvalue weighted by Gasteiger charge is 2.17. The summed E-state index contributed by atoms with van der Waals surface area (Å²) in [4.78, 5) is 0. The van der Waals surface area contributed by atoms with Gasteiger partial charge in [-0.3, -0.25) is 0 Å². The van der Waals surface area contributed by atoms with Crippen LogP contribution in [-0.4, -0.2) is 20.1 Å². The van der Waals surface area contributed by atoms with Crippen LogP contribution in [0.1, 0.15) is 30.7 Å². The van der Waals surface area contributed by atoms with Gasteiger partial charge in [0.2, 0.25) is 0 Å². The van der Waals surface area contributed by atoms with E-state index in [-0.39, 0.29) is 5.56 Å². The average Bonchev–Trinajstić information content (AvgIpc) is 2.75. The fourth-order valence-corrected chi connectivity index (χ4v) is 1.77. The van der Waals surface area contributed by atoms with Gasteiger partial charge < -0.3 is 5.11 Å². The molecule has 1 unspecified atom stereocenters. The highest BCUT2D eigenvalue weighted by molar-refractivity contribution is 5.25. The Labute approximate surface area is 103 Å². The molecule has 4 nitrogen and oxygen atoms in total. The van der Waals surface area contributed by atoms with Gasteiger partial charge in [-0.15, -0.1) is 5.10 Å². The van der Waals surface area contributed by atoms with Crippen LogP contribution in [0.15, 0.2) is 24.4 Å². The predicted octanol–water partition coefficient (Wildman–Crippen LogP) is 2.05. The minimum absolute atomic E-state index is 0.146. The summed E-state index contributed by atoms with van der Waals surface area (Å²) in [5, 5.41) is 17.6. The highest BCUT2D eigenvalue weighted by atomic mass is 19.1.